The molecule has 2 fully saturated rings. The second-order valence-electron chi connectivity index (χ2n) is 10.8. The van der Waals surface area contributed by atoms with Crippen molar-refractivity contribution in [3.05, 3.63) is 0 Å². The number of aliphatic carboxylic acids is 1. The predicted molar refractivity (Wildman–Crippen MR) is 121 cm³/mol. The molecule has 2 amide bonds. The van der Waals surface area contributed by atoms with Crippen LogP contribution in [0.2, 0.25) is 0 Å². The van der Waals surface area contributed by atoms with Crippen LogP contribution >= 0.6 is 0 Å². The minimum atomic E-state index is -0.963. The SMILES string of the molecule is COC(=O)[C@H]1C[C@@H](C)CN1C(=O)OC(C)(C)C.C[C@@H]1C[C@H](C(=O)O)N(C(=O)OC(C)(C)C)C1. The van der Waals surface area contributed by atoms with E-state index in [2.05, 4.69) is 0 Å². The Morgan fingerprint density at radius 1 is 0.758 bits per heavy atom. The molecule has 0 aliphatic carbocycles. The molecule has 1 N–H and O–H groups in total. The lowest BCUT2D eigenvalue weighted by Gasteiger charge is -2.27. The summed E-state index contributed by atoms with van der Waals surface area (Å²) in [4.78, 5) is 49.0. The number of esters is 1. The molecule has 0 saturated carbocycles. The molecule has 0 unspecified atom stereocenters. The lowest BCUT2D eigenvalue weighted by molar-refractivity contribution is -0.145. The molecular weight excluding hydrogens is 432 g/mol. The van der Waals surface area contributed by atoms with Crippen LogP contribution in [0.4, 0.5) is 9.59 Å². The normalized spacial score (nSPS) is 25.1. The first-order valence-electron chi connectivity index (χ1n) is 11.2. The van der Waals surface area contributed by atoms with E-state index < -0.39 is 41.4 Å². The molecule has 10 nitrogen and oxygen atoms in total. The molecular formula is C23H40N2O8. The van der Waals surface area contributed by atoms with Gasteiger partial charge in [-0.05, 0) is 66.2 Å². The van der Waals surface area contributed by atoms with Gasteiger partial charge in [0.05, 0.1) is 7.11 Å². The van der Waals surface area contributed by atoms with E-state index in [4.69, 9.17) is 19.3 Å². The smallest absolute Gasteiger partial charge is 0.411 e. The third kappa shape index (κ3) is 9.09. The average molecular weight is 473 g/mol. The van der Waals surface area contributed by atoms with E-state index in [9.17, 15) is 19.2 Å². The number of carbonyl (C=O) groups excluding carboxylic acids is 3. The van der Waals surface area contributed by atoms with E-state index in [1.807, 2.05) is 13.8 Å². The first-order chi connectivity index (χ1) is 14.9. The highest BCUT2D eigenvalue weighted by Crippen LogP contribution is 2.26. The number of nitrogens with zero attached hydrogens (tertiary/aromatic N) is 2. The summed E-state index contributed by atoms with van der Waals surface area (Å²) < 4.78 is 15.2. The van der Waals surface area contributed by atoms with Crippen LogP contribution in [0.25, 0.3) is 0 Å². The second kappa shape index (κ2) is 11.1. The number of carboxylic acid groups (broad SMARTS) is 1. The molecule has 190 valence electrons. The fourth-order valence-corrected chi connectivity index (χ4v) is 3.73. The predicted octanol–water partition coefficient (Wildman–Crippen LogP) is 3.52. The summed E-state index contributed by atoms with van der Waals surface area (Å²) >= 11 is 0. The monoisotopic (exact) mass is 472 g/mol. The van der Waals surface area contributed by atoms with E-state index in [1.165, 1.54) is 16.9 Å². The summed E-state index contributed by atoms with van der Waals surface area (Å²) in [5.74, 6) is -0.851. The Morgan fingerprint density at radius 2 is 1.12 bits per heavy atom. The van der Waals surface area contributed by atoms with Crippen LogP contribution in [-0.2, 0) is 23.8 Å². The fourth-order valence-electron chi connectivity index (χ4n) is 3.73. The Balaban J connectivity index is 0.000000331. The first-order valence-corrected chi connectivity index (χ1v) is 11.2. The van der Waals surface area contributed by atoms with Crippen LogP contribution in [0.15, 0.2) is 0 Å². The summed E-state index contributed by atoms with van der Waals surface area (Å²) in [7, 11) is 1.33. The molecule has 2 saturated heterocycles. The van der Waals surface area contributed by atoms with Gasteiger partial charge >= 0.3 is 24.1 Å². The van der Waals surface area contributed by atoms with Crippen molar-refractivity contribution in [3.63, 3.8) is 0 Å². The number of amides is 2. The Kier molecular flexibility index (Phi) is 9.56. The molecule has 0 aromatic carbocycles. The third-order valence-electron chi connectivity index (χ3n) is 5.03. The standard InChI is InChI=1S/C12H21NO4.C11H19NO4/c1-8-6-9(10(14)16-5)13(7-8)11(15)17-12(2,3)4;1-7-5-8(9(13)14)12(6-7)10(15)16-11(2,3)4/h8-9H,6-7H2,1-5H3;7-8H,5-6H2,1-4H3,(H,13,14)/t8-,9-;7-,8-/m11/s1. The maximum Gasteiger partial charge on any atom is 0.411 e. The molecule has 0 spiro atoms. The third-order valence-corrected chi connectivity index (χ3v) is 5.03. The van der Waals surface area contributed by atoms with Gasteiger partial charge < -0.3 is 19.3 Å². The van der Waals surface area contributed by atoms with Crippen molar-refractivity contribution in [1.82, 2.24) is 9.80 Å². The summed E-state index contributed by atoms with van der Waals surface area (Å²) in [5.41, 5.74) is -1.14. The zero-order valence-corrected chi connectivity index (χ0v) is 21.3. The molecule has 2 aliphatic rings. The van der Waals surface area contributed by atoms with Crippen LogP contribution in [0, 0.1) is 11.8 Å². The average Bonchev–Trinajstić information content (AvgIpc) is 3.22. The van der Waals surface area contributed by atoms with E-state index in [0.717, 1.165) is 0 Å². The summed E-state index contributed by atoms with van der Waals surface area (Å²) in [6, 6.07) is -1.25. The number of ether oxygens (including phenoxy) is 3. The molecule has 0 aromatic heterocycles. The van der Waals surface area contributed by atoms with Crippen molar-refractivity contribution in [2.45, 2.75) is 91.5 Å². The number of likely N-dealkylation sites (tertiary alicyclic amines) is 2. The van der Waals surface area contributed by atoms with Gasteiger partial charge in [-0.15, -0.1) is 0 Å². The largest absolute Gasteiger partial charge is 0.480 e. The van der Waals surface area contributed by atoms with Crippen molar-refractivity contribution in [2.75, 3.05) is 20.2 Å². The van der Waals surface area contributed by atoms with Gasteiger partial charge in [0.25, 0.3) is 0 Å². The molecule has 2 heterocycles. The molecule has 0 aromatic rings. The van der Waals surface area contributed by atoms with Crippen LogP contribution in [0.1, 0.15) is 68.2 Å². The highest BCUT2D eigenvalue weighted by molar-refractivity contribution is 5.82. The minimum Gasteiger partial charge on any atom is -0.480 e. The Bertz CT molecular complexity index is 725. The van der Waals surface area contributed by atoms with Gasteiger partial charge in [0.1, 0.15) is 23.3 Å². The van der Waals surface area contributed by atoms with Gasteiger partial charge in [0, 0.05) is 13.1 Å². The second-order valence-corrected chi connectivity index (χ2v) is 10.8. The molecule has 2 rings (SSSR count). The van der Waals surface area contributed by atoms with Crippen molar-refractivity contribution >= 4 is 24.1 Å². The lowest BCUT2D eigenvalue weighted by atomic mass is 10.1. The van der Waals surface area contributed by atoms with Crippen LogP contribution in [0.3, 0.4) is 0 Å². The van der Waals surface area contributed by atoms with Gasteiger partial charge in [-0.2, -0.15) is 0 Å². The Hall–Kier alpha value is -2.52. The minimum absolute atomic E-state index is 0.202. The fraction of sp³-hybridized carbons (Fsp3) is 0.826. The van der Waals surface area contributed by atoms with E-state index in [1.54, 1.807) is 41.5 Å². The zero-order chi connectivity index (χ0) is 25.7. The summed E-state index contributed by atoms with van der Waals surface area (Å²) in [5, 5.41) is 9.00. The van der Waals surface area contributed by atoms with Gasteiger partial charge in [-0.1, -0.05) is 13.8 Å². The van der Waals surface area contributed by atoms with Gasteiger partial charge in [-0.25, -0.2) is 19.2 Å². The maximum atomic E-state index is 11.9. The van der Waals surface area contributed by atoms with Crippen molar-refractivity contribution < 1.29 is 38.5 Å². The number of methoxy groups -OCH3 is 1. The van der Waals surface area contributed by atoms with Crippen molar-refractivity contribution in [2.24, 2.45) is 11.8 Å². The lowest BCUT2D eigenvalue weighted by Crippen LogP contribution is -2.43. The van der Waals surface area contributed by atoms with E-state index in [-0.39, 0.29) is 17.8 Å². The van der Waals surface area contributed by atoms with Crippen LogP contribution in [0.5, 0.6) is 0 Å². The molecule has 2 aliphatic heterocycles. The van der Waals surface area contributed by atoms with Gasteiger partial charge in [0.15, 0.2) is 0 Å². The van der Waals surface area contributed by atoms with E-state index in [0.29, 0.717) is 25.9 Å². The molecule has 10 heteroatoms. The number of hydrogen-bond acceptors (Lipinski definition) is 7. The molecule has 33 heavy (non-hydrogen) atoms. The van der Waals surface area contributed by atoms with Crippen LogP contribution < -0.4 is 0 Å². The zero-order valence-electron chi connectivity index (χ0n) is 21.3. The van der Waals surface area contributed by atoms with Crippen molar-refractivity contribution in [1.29, 1.82) is 0 Å². The van der Waals surface area contributed by atoms with E-state index >= 15 is 0 Å². The quantitative estimate of drug-likeness (QED) is 0.478. The van der Waals surface area contributed by atoms with Crippen molar-refractivity contribution in [3.8, 4) is 0 Å². The number of hydrogen-bond donors (Lipinski definition) is 1. The summed E-state index contributed by atoms with van der Waals surface area (Å²) in [6.45, 7) is 15.6. The highest BCUT2D eigenvalue weighted by atomic mass is 16.6. The number of carboxylic acids is 1. The topological polar surface area (TPSA) is 123 Å². The summed E-state index contributed by atoms with van der Waals surface area (Å²) in [6.07, 6.45) is 0.141. The van der Waals surface area contributed by atoms with Crippen LogP contribution in [-0.4, -0.2) is 82.5 Å². The number of carbonyl (C=O) groups is 4. The Labute approximate surface area is 196 Å². The number of rotatable bonds is 2. The molecule has 0 bridgehead atoms. The highest BCUT2D eigenvalue weighted by Gasteiger charge is 2.41. The molecule has 0 radical (unpaired) electrons. The Morgan fingerprint density at radius 3 is 1.45 bits per heavy atom. The maximum absolute atomic E-state index is 11.9. The van der Waals surface area contributed by atoms with Gasteiger partial charge in [0.2, 0.25) is 0 Å². The first kappa shape index (κ1) is 28.5. The molecule has 4 atom stereocenters. The van der Waals surface area contributed by atoms with Gasteiger partial charge in [-0.3, -0.25) is 9.80 Å².